The van der Waals surface area contributed by atoms with Gasteiger partial charge in [0.15, 0.2) is 9.84 Å². The first-order valence-electron chi connectivity index (χ1n) is 6.12. The Morgan fingerprint density at radius 1 is 1.45 bits per heavy atom. The molecule has 110 valence electrons. The van der Waals surface area contributed by atoms with Gasteiger partial charge in [-0.3, -0.25) is 4.79 Å². The van der Waals surface area contributed by atoms with Gasteiger partial charge < -0.3 is 10.2 Å². The summed E-state index contributed by atoms with van der Waals surface area (Å²) in [4.78, 5) is 11.4. The molecule has 1 aromatic rings. The molecule has 3 unspecified atom stereocenters. The fourth-order valence-corrected chi connectivity index (χ4v) is 4.85. The lowest BCUT2D eigenvalue weighted by atomic mass is 10.00. The SMILES string of the molecule is CCS(=O)(=O)C1C(c2cccc(F)c2)C1(CO)C(=O)O. The number of sulfone groups is 1. The van der Waals surface area contributed by atoms with E-state index in [-0.39, 0.29) is 11.3 Å². The van der Waals surface area contributed by atoms with Crippen molar-refractivity contribution in [1.82, 2.24) is 0 Å². The van der Waals surface area contributed by atoms with Crippen LogP contribution in [-0.4, -0.2) is 42.2 Å². The standard InChI is InChI=1S/C13H15FO5S/c1-2-20(18,19)11-10(13(11,7-15)12(16)17)8-4-3-5-9(14)6-8/h3-6,10-11,15H,2,7H2,1H3,(H,16,17). The summed E-state index contributed by atoms with van der Waals surface area (Å²) in [5, 5.41) is 17.5. The minimum atomic E-state index is -3.66. The summed E-state index contributed by atoms with van der Waals surface area (Å²) >= 11 is 0. The smallest absolute Gasteiger partial charge is 0.314 e. The first-order valence-corrected chi connectivity index (χ1v) is 7.84. The predicted molar refractivity (Wildman–Crippen MR) is 69.5 cm³/mol. The maximum Gasteiger partial charge on any atom is 0.314 e. The van der Waals surface area contributed by atoms with Gasteiger partial charge in [0, 0.05) is 11.7 Å². The van der Waals surface area contributed by atoms with E-state index in [2.05, 4.69) is 0 Å². The highest BCUT2D eigenvalue weighted by molar-refractivity contribution is 7.92. The Balaban J connectivity index is 2.54. The van der Waals surface area contributed by atoms with Crippen molar-refractivity contribution in [1.29, 1.82) is 0 Å². The molecule has 3 atom stereocenters. The largest absolute Gasteiger partial charge is 0.481 e. The van der Waals surface area contributed by atoms with Gasteiger partial charge in [0.2, 0.25) is 0 Å². The Kier molecular flexibility index (Phi) is 3.60. The fourth-order valence-electron chi connectivity index (χ4n) is 2.79. The number of halogens is 1. The molecule has 0 bridgehead atoms. The predicted octanol–water partition coefficient (Wildman–Crippen LogP) is 0.790. The van der Waals surface area contributed by atoms with E-state index >= 15 is 0 Å². The van der Waals surface area contributed by atoms with Crippen molar-refractivity contribution < 1.29 is 27.8 Å². The van der Waals surface area contributed by atoms with Crippen molar-refractivity contribution in [3.63, 3.8) is 0 Å². The quantitative estimate of drug-likeness (QED) is 0.839. The Labute approximate surface area is 116 Å². The van der Waals surface area contributed by atoms with Gasteiger partial charge in [-0.1, -0.05) is 19.1 Å². The van der Waals surface area contributed by atoms with Crippen molar-refractivity contribution in [2.24, 2.45) is 5.41 Å². The molecule has 0 radical (unpaired) electrons. The van der Waals surface area contributed by atoms with Crippen molar-refractivity contribution in [3.05, 3.63) is 35.6 Å². The van der Waals surface area contributed by atoms with E-state index in [1.165, 1.54) is 25.1 Å². The van der Waals surface area contributed by atoms with E-state index in [0.29, 0.717) is 0 Å². The molecule has 2 rings (SSSR count). The average Bonchev–Trinajstić information content (AvgIpc) is 3.10. The van der Waals surface area contributed by atoms with E-state index in [4.69, 9.17) is 0 Å². The highest BCUT2D eigenvalue weighted by atomic mass is 32.2. The van der Waals surface area contributed by atoms with Crippen LogP contribution in [0.25, 0.3) is 0 Å². The lowest BCUT2D eigenvalue weighted by molar-refractivity contribution is -0.145. The molecule has 2 N–H and O–H groups in total. The van der Waals surface area contributed by atoms with Crippen LogP contribution in [-0.2, 0) is 14.6 Å². The first-order chi connectivity index (χ1) is 9.31. The van der Waals surface area contributed by atoms with Crippen LogP contribution in [0.15, 0.2) is 24.3 Å². The van der Waals surface area contributed by atoms with Gasteiger partial charge >= 0.3 is 5.97 Å². The van der Waals surface area contributed by atoms with E-state index in [0.717, 1.165) is 6.07 Å². The molecular weight excluding hydrogens is 287 g/mol. The number of hydrogen-bond acceptors (Lipinski definition) is 4. The molecule has 1 fully saturated rings. The van der Waals surface area contributed by atoms with Gasteiger partial charge in [0.25, 0.3) is 0 Å². The van der Waals surface area contributed by atoms with E-state index in [9.17, 15) is 27.8 Å². The van der Waals surface area contributed by atoms with E-state index in [1.807, 2.05) is 0 Å². The first kappa shape index (κ1) is 14.9. The number of aliphatic hydroxyl groups is 1. The van der Waals surface area contributed by atoms with E-state index < -0.39 is 44.8 Å². The monoisotopic (exact) mass is 302 g/mol. The Bertz CT molecular complexity index is 642. The maximum absolute atomic E-state index is 13.3. The van der Waals surface area contributed by atoms with Crippen LogP contribution in [0, 0.1) is 11.2 Å². The van der Waals surface area contributed by atoms with Gasteiger partial charge in [0.05, 0.1) is 11.9 Å². The van der Waals surface area contributed by atoms with Crippen LogP contribution < -0.4 is 0 Å². The minimum absolute atomic E-state index is 0.224. The molecule has 20 heavy (non-hydrogen) atoms. The van der Waals surface area contributed by atoms with Crippen LogP contribution in [0.5, 0.6) is 0 Å². The maximum atomic E-state index is 13.3. The summed E-state index contributed by atoms with van der Waals surface area (Å²) in [5.41, 5.74) is -1.49. The van der Waals surface area contributed by atoms with Crippen molar-refractivity contribution in [2.75, 3.05) is 12.4 Å². The lowest BCUT2D eigenvalue weighted by Crippen LogP contribution is -2.28. The zero-order valence-corrected chi connectivity index (χ0v) is 11.6. The Hall–Kier alpha value is -1.47. The molecule has 1 aromatic carbocycles. The summed E-state index contributed by atoms with van der Waals surface area (Å²) in [6, 6.07) is 5.18. The van der Waals surface area contributed by atoms with Crippen LogP contribution in [0.2, 0.25) is 0 Å². The molecule has 0 aliphatic heterocycles. The molecule has 7 heteroatoms. The second-order valence-electron chi connectivity index (χ2n) is 4.91. The highest BCUT2D eigenvalue weighted by Gasteiger charge is 2.75. The second-order valence-corrected chi connectivity index (χ2v) is 7.32. The zero-order chi connectivity index (χ0) is 15.1. The molecule has 0 spiro atoms. The number of carbonyl (C=O) groups is 1. The summed E-state index contributed by atoms with van der Waals surface area (Å²) < 4.78 is 37.3. The number of rotatable bonds is 5. The molecule has 0 aromatic heterocycles. The van der Waals surface area contributed by atoms with Gasteiger partial charge in [-0.2, -0.15) is 0 Å². The molecule has 5 nitrogen and oxygen atoms in total. The van der Waals surface area contributed by atoms with Gasteiger partial charge in [-0.15, -0.1) is 0 Å². The molecule has 0 saturated heterocycles. The number of carboxylic acids is 1. The van der Waals surface area contributed by atoms with Gasteiger partial charge in [-0.05, 0) is 17.7 Å². The molecule has 1 aliphatic carbocycles. The van der Waals surface area contributed by atoms with Crippen LogP contribution >= 0.6 is 0 Å². The van der Waals surface area contributed by atoms with Crippen LogP contribution in [0.3, 0.4) is 0 Å². The summed E-state index contributed by atoms with van der Waals surface area (Å²) in [5.74, 6) is -3.10. The van der Waals surface area contributed by atoms with Gasteiger partial charge in [-0.25, -0.2) is 12.8 Å². The minimum Gasteiger partial charge on any atom is -0.481 e. The molecule has 1 saturated carbocycles. The third-order valence-corrected chi connectivity index (χ3v) is 6.18. The van der Waals surface area contributed by atoms with Gasteiger partial charge in [0.1, 0.15) is 11.2 Å². The Morgan fingerprint density at radius 3 is 2.55 bits per heavy atom. The summed E-state index contributed by atoms with van der Waals surface area (Å²) in [6.07, 6.45) is 0. The molecule has 0 amide bonds. The fraction of sp³-hybridized carbons (Fsp3) is 0.462. The lowest BCUT2D eigenvalue weighted by Gasteiger charge is -2.08. The topological polar surface area (TPSA) is 91.7 Å². The van der Waals surface area contributed by atoms with Crippen molar-refractivity contribution in [3.8, 4) is 0 Å². The second kappa shape index (κ2) is 4.82. The highest BCUT2D eigenvalue weighted by Crippen LogP contribution is 2.63. The third kappa shape index (κ3) is 2.01. The van der Waals surface area contributed by atoms with Crippen molar-refractivity contribution in [2.45, 2.75) is 18.1 Å². The molecular formula is C13H15FO5S. The zero-order valence-electron chi connectivity index (χ0n) is 10.8. The third-order valence-electron chi connectivity index (χ3n) is 3.91. The molecule has 0 heterocycles. The Morgan fingerprint density at radius 2 is 2.10 bits per heavy atom. The number of carboxylic acid groups (broad SMARTS) is 1. The average molecular weight is 302 g/mol. The van der Waals surface area contributed by atoms with E-state index in [1.54, 1.807) is 0 Å². The number of aliphatic hydroxyl groups excluding tert-OH is 1. The summed E-state index contributed by atoms with van der Waals surface area (Å²) in [6.45, 7) is 0.619. The number of hydrogen-bond donors (Lipinski definition) is 2. The summed E-state index contributed by atoms with van der Waals surface area (Å²) in [7, 11) is -3.66. The van der Waals surface area contributed by atoms with Crippen molar-refractivity contribution >= 4 is 15.8 Å². The van der Waals surface area contributed by atoms with Crippen LogP contribution in [0.1, 0.15) is 18.4 Å². The number of aliphatic carboxylic acids is 1. The van der Waals surface area contributed by atoms with Crippen LogP contribution in [0.4, 0.5) is 4.39 Å². The molecule has 1 aliphatic rings. The normalized spacial score (nSPS) is 29.1. The number of benzene rings is 1.